The van der Waals surface area contributed by atoms with Crippen molar-refractivity contribution in [1.82, 2.24) is 5.32 Å². The van der Waals surface area contributed by atoms with Crippen LogP contribution in [-0.4, -0.2) is 26.3 Å². The summed E-state index contributed by atoms with van der Waals surface area (Å²) in [6, 6.07) is 8.49. The first kappa shape index (κ1) is 15.0. The van der Waals surface area contributed by atoms with E-state index in [1.807, 2.05) is 0 Å². The average molecular weight is 289 g/mol. The van der Waals surface area contributed by atoms with Gasteiger partial charge in [0.25, 0.3) is 0 Å². The SMILES string of the molecule is COCc1ccccc1C1CNCC(CC2CCCC2)O1. The molecule has 21 heavy (non-hydrogen) atoms. The van der Waals surface area contributed by atoms with Crippen LogP contribution in [0.4, 0.5) is 0 Å². The van der Waals surface area contributed by atoms with E-state index in [0.717, 1.165) is 19.0 Å². The molecule has 3 nitrogen and oxygen atoms in total. The fourth-order valence-electron chi connectivity index (χ4n) is 3.78. The maximum Gasteiger partial charge on any atom is 0.0957 e. The van der Waals surface area contributed by atoms with Crippen molar-refractivity contribution in [3.8, 4) is 0 Å². The lowest BCUT2D eigenvalue weighted by molar-refractivity contribution is -0.0497. The summed E-state index contributed by atoms with van der Waals surface area (Å²) in [5.41, 5.74) is 2.52. The predicted molar refractivity (Wildman–Crippen MR) is 84.2 cm³/mol. The molecule has 1 heterocycles. The molecule has 1 saturated heterocycles. The van der Waals surface area contributed by atoms with Gasteiger partial charge in [-0.15, -0.1) is 0 Å². The lowest BCUT2D eigenvalue weighted by Crippen LogP contribution is -2.41. The molecule has 2 aliphatic rings. The maximum atomic E-state index is 6.40. The minimum atomic E-state index is 0.163. The molecule has 0 aromatic heterocycles. The Morgan fingerprint density at radius 1 is 1.19 bits per heavy atom. The van der Waals surface area contributed by atoms with Crippen molar-refractivity contribution in [2.24, 2.45) is 5.92 Å². The summed E-state index contributed by atoms with van der Waals surface area (Å²) in [4.78, 5) is 0. The van der Waals surface area contributed by atoms with E-state index >= 15 is 0 Å². The van der Waals surface area contributed by atoms with Crippen LogP contribution in [0.15, 0.2) is 24.3 Å². The van der Waals surface area contributed by atoms with Gasteiger partial charge in [0.2, 0.25) is 0 Å². The van der Waals surface area contributed by atoms with Gasteiger partial charge in [-0.25, -0.2) is 0 Å². The van der Waals surface area contributed by atoms with E-state index in [2.05, 4.69) is 29.6 Å². The van der Waals surface area contributed by atoms with E-state index in [0.29, 0.717) is 12.7 Å². The highest BCUT2D eigenvalue weighted by molar-refractivity contribution is 5.29. The number of nitrogens with one attached hydrogen (secondary N) is 1. The zero-order valence-corrected chi connectivity index (χ0v) is 13.0. The zero-order valence-electron chi connectivity index (χ0n) is 13.0. The third-order valence-electron chi connectivity index (χ3n) is 4.83. The van der Waals surface area contributed by atoms with Crippen LogP contribution in [0.25, 0.3) is 0 Å². The van der Waals surface area contributed by atoms with Crippen molar-refractivity contribution in [2.45, 2.75) is 50.9 Å². The smallest absolute Gasteiger partial charge is 0.0957 e. The number of hydrogen-bond acceptors (Lipinski definition) is 3. The van der Waals surface area contributed by atoms with Gasteiger partial charge < -0.3 is 14.8 Å². The van der Waals surface area contributed by atoms with E-state index in [1.54, 1.807) is 7.11 Å². The molecule has 2 fully saturated rings. The van der Waals surface area contributed by atoms with Gasteiger partial charge in [-0.2, -0.15) is 0 Å². The van der Waals surface area contributed by atoms with Crippen molar-refractivity contribution in [2.75, 3.05) is 20.2 Å². The molecule has 0 spiro atoms. The molecule has 2 atom stereocenters. The lowest BCUT2D eigenvalue weighted by Gasteiger charge is -2.33. The number of benzene rings is 1. The van der Waals surface area contributed by atoms with Gasteiger partial charge in [0.05, 0.1) is 18.8 Å². The predicted octanol–water partition coefficient (Wildman–Crippen LogP) is 3.44. The molecule has 0 amide bonds. The number of morpholine rings is 1. The van der Waals surface area contributed by atoms with Crippen molar-refractivity contribution >= 4 is 0 Å². The largest absolute Gasteiger partial charge is 0.380 e. The van der Waals surface area contributed by atoms with Crippen LogP contribution >= 0.6 is 0 Å². The van der Waals surface area contributed by atoms with Gasteiger partial charge in [-0.3, -0.25) is 0 Å². The fourth-order valence-corrected chi connectivity index (χ4v) is 3.78. The summed E-state index contributed by atoms with van der Waals surface area (Å²) < 4.78 is 11.7. The Morgan fingerprint density at radius 3 is 2.81 bits per heavy atom. The molecule has 0 radical (unpaired) electrons. The third kappa shape index (κ3) is 3.85. The van der Waals surface area contributed by atoms with Crippen molar-refractivity contribution in [1.29, 1.82) is 0 Å². The van der Waals surface area contributed by atoms with Crippen LogP contribution in [0, 0.1) is 5.92 Å². The van der Waals surface area contributed by atoms with E-state index in [-0.39, 0.29) is 6.10 Å². The molecule has 1 aliphatic heterocycles. The Labute approximate surface area is 128 Å². The van der Waals surface area contributed by atoms with Crippen LogP contribution in [0.1, 0.15) is 49.3 Å². The Morgan fingerprint density at radius 2 is 2.00 bits per heavy atom. The Kier molecular flexibility index (Phi) is 5.28. The van der Waals surface area contributed by atoms with Gasteiger partial charge in [0.1, 0.15) is 0 Å². The number of methoxy groups -OCH3 is 1. The molecular formula is C18H27NO2. The van der Waals surface area contributed by atoms with E-state index < -0.39 is 0 Å². The summed E-state index contributed by atoms with van der Waals surface area (Å²) in [6.45, 7) is 2.56. The van der Waals surface area contributed by atoms with Gasteiger partial charge >= 0.3 is 0 Å². The first-order chi connectivity index (χ1) is 10.4. The minimum Gasteiger partial charge on any atom is -0.380 e. The molecule has 3 rings (SSSR count). The summed E-state index contributed by atoms with van der Waals surface area (Å²) in [7, 11) is 1.75. The number of ether oxygens (including phenoxy) is 2. The van der Waals surface area contributed by atoms with Crippen molar-refractivity contribution < 1.29 is 9.47 Å². The van der Waals surface area contributed by atoms with Gasteiger partial charge in [0, 0.05) is 20.2 Å². The molecule has 1 saturated carbocycles. The second kappa shape index (κ2) is 7.39. The van der Waals surface area contributed by atoms with E-state index in [9.17, 15) is 0 Å². The van der Waals surface area contributed by atoms with Crippen LogP contribution in [0.2, 0.25) is 0 Å². The molecule has 2 unspecified atom stereocenters. The summed E-state index contributed by atoms with van der Waals surface area (Å²) >= 11 is 0. The van der Waals surface area contributed by atoms with Gasteiger partial charge in [-0.05, 0) is 23.5 Å². The molecule has 1 aromatic carbocycles. The van der Waals surface area contributed by atoms with Gasteiger partial charge in [0.15, 0.2) is 0 Å². The second-order valence-corrected chi connectivity index (χ2v) is 6.42. The van der Waals surface area contributed by atoms with Crippen LogP contribution in [0.3, 0.4) is 0 Å². The molecule has 1 aromatic rings. The molecule has 1 aliphatic carbocycles. The molecule has 116 valence electrons. The summed E-state index contributed by atoms with van der Waals surface area (Å²) in [5.74, 6) is 0.879. The topological polar surface area (TPSA) is 30.5 Å². The van der Waals surface area contributed by atoms with Gasteiger partial charge in [-0.1, -0.05) is 49.9 Å². The van der Waals surface area contributed by atoms with E-state index in [1.165, 1.54) is 43.2 Å². The normalized spacial score (nSPS) is 27.1. The Bertz CT molecular complexity index is 443. The first-order valence-corrected chi connectivity index (χ1v) is 8.29. The van der Waals surface area contributed by atoms with Crippen LogP contribution in [-0.2, 0) is 16.1 Å². The molecule has 1 N–H and O–H groups in total. The van der Waals surface area contributed by atoms with Crippen LogP contribution < -0.4 is 5.32 Å². The maximum absolute atomic E-state index is 6.40. The lowest BCUT2D eigenvalue weighted by atomic mass is 9.97. The molecular weight excluding hydrogens is 262 g/mol. The quantitative estimate of drug-likeness (QED) is 0.900. The highest BCUT2D eigenvalue weighted by Gasteiger charge is 2.28. The second-order valence-electron chi connectivity index (χ2n) is 6.42. The minimum absolute atomic E-state index is 0.163. The average Bonchev–Trinajstić information content (AvgIpc) is 3.01. The highest BCUT2D eigenvalue weighted by Crippen LogP contribution is 2.32. The Balaban J connectivity index is 1.65. The zero-order chi connectivity index (χ0) is 14.5. The first-order valence-electron chi connectivity index (χ1n) is 8.29. The molecule has 0 bridgehead atoms. The van der Waals surface area contributed by atoms with Crippen molar-refractivity contribution in [3.63, 3.8) is 0 Å². The molecule has 3 heteroatoms. The Hall–Kier alpha value is -0.900. The van der Waals surface area contributed by atoms with E-state index in [4.69, 9.17) is 9.47 Å². The number of hydrogen-bond donors (Lipinski definition) is 1. The summed E-state index contributed by atoms with van der Waals surface area (Å²) in [6.07, 6.45) is 7.35. The number of rotatable bonds is 5. The van der Waals surface area contributed by atoms with Crippen LogP contribution in [0.5, 0.6) is 0 Å². The standard InChI is InChI=1S/C18H27NO2/c1-20-13-15-8-4-5-9-17(15)18-12-19-11-16(21-18)10-14-6-2-3-7-14/h4-5,8-9,14,16,18-19H,2-3,6-7,10-13H2,1H3. The fraction of sp³-hybridized carbons (Fsp3) is 0.667. The highest BCUT2D eigenvalue weighted by atomic mass is 16.5. The third-order valence-corrected chi connectivity index (χ3v) is 4.83. The van der Waals surface area contributed by atoms with Crippen molar-refractivity contribution in [3.05, 3.63) is 35.4 Å². The summed E-state index contributed by atoms with van der Waals surface area (Å²) in [5, 5.41) is 3.56. The monoisotopic (exact) mass is 289 g/mol.